The van der Waals surface area contributed by atoms with E-state index in [1.807, 2.05) is 70.0 Å². The zero-order chi connectivity index (χ0) is 38.5. The Morgan fingerprint density at radius 1 is 1.00 bits per heavy atom. The number of thiazole rings is 1. The van der Waals surface area contributed by atoms with E-state index in [0.29, 0.717) is 17.8 Å². The van der Waals surface area contributed by atoms with Gasteiger partial charge in [-0.3, -0.25) is 24.1 Å². The molecule has 0 saturated carbocycles. The Balaban J connectivity index is 1.82. The minimum atomic E-state index is -0.878. The first-order valence-electron chi connectivity index (χ1n) is 18.2. The van der Waals surface area contributed by atoms with Crippen molar-refractivity contribution in [2.45, 2.75) is 103 Å². The predicted molar refractivity (Wildman–Crippen MR) is 201 cm³/mol. The van der Waals surface area contributed by atoms with Gasteiger partial charge in [-0.25, -0.2) is 9.78 Å². The van der Waals surface area contributed by atoms with Crippen LogP contribution in [0, 0.1) is 17.8 Å². The number of esters is 1. The number of likely N-dealkylation sites (N-methyl/N-ethyl adjacent to an activating group) is 2. The van der Waals surface area contributed by atoms with Gasteiger partial charge in [-0.2, -0.15) is 0 Å². The van der Waals surface area contributed by atoms with Crippen molar-refractivity contribution in [3.05, 3.63) is 52.0 Å². The van der Waals surface area contributed by atoms with Crippen molar-refractivity contribution >= 4 is 41.1 Å². The Morgan fingerprint density at radius 2 is 1.69 bits per heavy atom. The number of carbonyl (C=O) groups is 5. The molecule has 1 fully saturated rings. The van der Waals surface area contributed by atoms with Crippen molar-refractivity contribution in [2.24, 2.45) is 17.8 Å². The predicted octanol–water partition coefficient (Wildman–Crippen LogP) is 4.58. The van der Waals surface area contributed by atoms with E-state index in [1.54, 1.807) is 24.3 Å². The van der Waals surface area contributed by atoms with E-state index in [2.05, 4.69) is 20.9 Å². The molecule has 0 spiro atoms. The molecule has 2 aromatic rings. The standard InChI is InChI=1S/C38H58N6O7S/c1-23(2)30(44(8)36(47)32(24(3)4)42-34(46)29-17-13-14-18-43(29)7)21-31(51-38(49)39-6)35-41-28(22-52-35)33(45)40-27(19-25(5)37(48)50-9)20-26-15-11-10-12-16-26/h10-12,15-16,22-25,27,29-32H,13-14,17-21H2,1-9H3,(H,39,49)(H,40,45)(H,42,46)/t25-,27+,29+,30+,31+,32-/m0/s1. The number of ether oxygens (including phenoxy) is 2. The number of alkyl carbamates (subject to hydrolysis) is 1. The maximum atomic E-state index is 14.1. The fourth-order valence-corrected chi connectivity index (χ4v) is 7.49. The molecular weight excluding hydrogens is 685 g/mol. The number of nitrogens with zero attached hydrogens (tertiary/aromatic N) is 3. The molecule has 3 rings (SSSR count). The van der Waals surface area contributed by atoms with Crippen LogP contribution in [-0.2, 0) is 30.3 Å². The van der Waals surface area contributed by atoms with E-state index in [4.69, 9.17) is 9.47 Å². The summed E-state index contributed by atoms with van der Waals surface area (Å²) in [5, 5.41) is 10.6. The fraction of sp³-hybridized carbons (Fsp3) is 0.632. The zero-order valence-corrected chi connectivity index (χ0v) is 33.0. The van der Waals surface area contributed by atoms with Crippen LogP contribution in [-0.4, -0.2) is 104 Å². The summed E-state index contributed by atoms with van der Waals surface area (Å²) in [7, 11) is 6.44. The summed E-state index contributed by atoms with van der Waals surface area (Å²) in [6, 6.07) is 7.86. The zero-order valence-electron chi connectivity index (χ0n) is 32.1. The number of methoxy groups -OCH3 is 1. The molecular formula is C38H58N6O7S. The molecule has 1 saturated heterocycles. The molecule has 6 atom stereocenters. The molecule has 4 amide bonds. The maximum Gasteiger partial charge on any atom is 0.407 e. The highest BCUT2D eigenvalue weighted by molar-refractivity contribution is 7.09. The molecule has 0 radical (unpaired) electrons. The van der Waals surface area contributed by atoms with Gasteiger partial charge >= 0.3 is 12.1 Å². The summed E-state index contributed by atoms with van der Waals surface area (Å²) >= 11 is 1.19. The van der Waals surface area contributed by atoms with Gasteiger partial charge in [0.05, 0.1) is 19.1 Å². The third-order valence-corrected chi connectivity index (χ3v) is 10.7. The Labute approximate surface area is 312 Å². The van der Waals surface area contributed by atoms with Crippen molar-refractivity contribution in [1.82, 2.24) is 30.7 Å². The van der Waals surface area contributed by atoms with Crippen LogP contribution in [0.15, 0.2) is 35.7 Å². The number of nitrogens with one attached hydrogen (secondary N) is 3. The summed E-state index contributed by atoms with van der Waals surface area (Å²) < 4.78 is 10.7. The van der Waals surface area contributed by atoms with Gasteiger partial charge in [-0.1, -0.05) is 71.4 Å². The number of amides is 4. The third-order valence-electron chi connectivity index (χ3n) is 9.76. The number of benzene rings is 1. The average molecular weight is 743 g/mol. The molecule has 13 nitrogen and oxygen atoms in total. The van der Waals surface area contributed by atoms with Gasteiger partial charge < -0.3 is 30.3 Å². The van der Waals surface area contributed by atoms with Crippen molar-refractivity contribution < 1.29 is 33.4 Å². The molecule has 14 heteroatoms. The van der Waals surface area contributed by atoms with E-state index in [0.717, 1.165) is 31.4 Å². The molecule has 1 aliphatic heterocycles. The Kier molecular flexibility index (Phi) is 16.5. The van der Waals surface area contributed by atoms with Crippen LogP contribution in [0.1, 0.15) is 93.9 Å². The van der Waals surface area contributed by atoms with E-state index in [-0.39, 0.29) is 53.8 Å². The van der Waals surface area contributed by atoms with E-state index >= 15 is 0 Å². The number of piperidine rings is 1. The molecule has 3 N–H and O–H groups in total. The van der Waals surface area contributed by atoms with Gasteiger partial charge in [-0.05, 0) is 56.7 Å². The van der Waals surface area contributed by atoms with Crippen LogP contribution in [0.3, 0.4) is 0 Å². The van der Waals surface area contributed by atoms with Gasteiger partial charge in [-0.15, -0.1) is 11.3 Å². The van der Waals surface area contributed by atoms with Gasteiger partial charge in [0.15, 0.2) is 6.10 Å². The van der Waals surface area contributed by atoms with Crippen LogP contribution in [0.4, 0.5) is 4.79 Å². The smallest absolute Gasteiger partial charge is 0.407 e. The number of aromatic nitrogens is 1. The lowest BCUT2D eigenvalue weighted by molar-refractivity contribution is -0.145. The number of rotatable bonds is 17. The summed E-state index contributed by atoms with van der Waals surface area (Å²) in [6.07, 6.45) is 2.27. The van der Waals surface area contributed by atoms with Crippen molar-refractivity contribution in [3.8, 4) is 0 Å². The van der Waals surface area contributed by atoms with Crippen molar-refractivity contribution in [1.29, 1.82) is 0 Å². The summed E-state index contributed by atoms with van der Waals surface area (Å²) in [5.74, 6) is -1.84. The Morgan fingerprint density at radius 3 is 2.29 bits per heavy atom. The summed E-state index contributed by atoms with van der Waals surface area (Å²) in [6.45, 7) is 10.4. The van der Waals surface area contributed by atoms with E-state index < -0.39 is 36.1 Å². The molecule has 52 heavy (non-hydrogen) atoms. The lowest BCUT2D eigenvalue weighted by Crippen LogP contribution is -2.57. The van der Waals surface area contributed by atoms with Crippen LogP contribution in [0.2, 0.25) is 0 Å². The normalized spacial score (nSPS) is 17.7. The number of carbonyl (C=O) groups excluding carboxylic acids is 5. The molecule has 1 aromatic carbocycles. The molecule has 1 aliphatic rings. The van der Waals surface area contributed by atoms with Crippen LogP contribution in [0.25, 0.3) is 0 Å². The topological polar surface area (TPSA) is 159 Å². The molecule has 0 unspecified atom stereocenters. The van der Waals surface area contributed by atoms with Crippen molar-refractivity contribution in [2.75, 3.05) is 34.8 Å². The van der Waals surface area contributed by atoms with Crippen LogP contribution in [0.5, 0.6) is 0 Å². The maximum absolute atomic E-state index is 14.1. The van der Waals surface area contributed by atoms with Gasteiger partial charge in [0, 0.05) is 38.0 Å². The first kappa shape index (κ1) is 42.4. The van der Waals surface area contributed by atoms with Crippen LogP contribution < -0.4 is 16.0 Å². The lowest BCUT2D eigenvalue weighted by Gasteiger charge is -2.37. The minimum absolute atomic E-state index is 0.0593. The largest absolute Gasteiger partial charge is 0.469 e. The monoisotopic (exact) mass is 742 g/mol. The van der Waals surface area contributed by atoms with Gasteiger partial charge in [0.2, 0.25) is 11.8 Å². The summed E-state index contributed by atoms with van der Waals surface area (Å²) in [5.41, 5.74) is 1.15. The molecule has 2 heterocycles. The highest BCUT2D eigenvalue weighted by Crippen LogP contribution is 2.31. The lowest BCUT2D eigenvalue weighted by atomic mass is 9.94. The van der Waals surface area contributed by atoms with E-state index in [1.165, 1.54) is 25.5 Å². The quantitative estimate of drug-likeness (QED) is 0.197. The fourth-order valence-electron chi connectivity index (χ4n) is 6.65. The van der Waals surface area contributed by atoms with Gasteiger partial charge in [0.1, 0.15) is 16.7 Å². The second-order valence-electron chi connectivity index (χ2n) is 14.5. The average Bonchev–Trinajstić information content (AvgIpc) is 3.62. The third kappa shape index (κ3) is 12.0. The summed E-state index contributed by atoms with van der Waals surface area (Å²) in [4.78, 5) is 74.1. The highest BCUT2D eigenvalue weighted by atomic mass is 32.1. The molecule has 1 aromatic heterocycles. The number of hydrogen-bond acceptors (Lipinski definition) is 10. The van der Waals surface area contributed by atoms with Crippen molar-refractivity contribution in [3.63, 3.8) is 0 Å². The highest BCUT2D eigenvalue weighted by Gasteiger charge is 2.37. The van der Waals surface area contributed by atoms with Gasteiger partial charge in [0.25, 0.3) is 5.91 Å². The SMILES string of the molecule is CNC(=O)O[C@H](C[C@H](C(C)C)N(C)C(=O)[C@@H](NC(=O)[C@H]1CCCCN1C)C(C)C)c1nc(C(=O)N[C@@H](Cc2ccccc2)C[C@H](C)C(=O)OC)cs1. The molecule has 0 aliphatic carbocycles. The second kappa shape index (κ2) is 20.3. The number of likely N-dealkylation sites (tertiary alicyclic amines) is 1. The van der Waals surface area contributed by atoms with Crippen LogP contribution >= 0.6 is 11.3 Å². The number of hydrogen-bond donors (Lipinski definition) is 3. The molecule has 288 valence electrons. The Hall–Kier alpha value is -4.04. The minimum Gasteiger partial charge on any atom is -0.469 e. The Bertz CT molecular complexity index is 1490. The first-order valence-corrected chi connectivity index (χ1v) is 19.1. The first-order chi connectivity index (χ1) is 24.7. The molecule has 0 bridgehead atoms. The second-order valence-corrected chi connectivity index (χ2v) is 15.3. The van der Waals surface area contributed by atoms with E-state index in [9.17, 15) is 24.0 Å².